The fraction of sp³-hybridized carbons (Fsp3) is 0.423. The summed E-state index contributed by atoms with van der Waals surface area (Å²) in [5.74, 6) is -0.517. The number of nitrogens with zero attached hydrogens (tertiary/aromatic N) is 2. The number of likely N-dealkylation sites (tertiary alicyclic amines) is 1. The fourth-order valence-corrected chi connectivity index (χ4v) is 5.49. The molecular formula is C26H28FN3O4. The Morgan fingerprint density at radius 3 is 2.59 bits per heavy atom. The number of methoxy groups -OCH3 is 1. The molecule has 8 heteroatoms. The molecule has 3 heterocycles. The Morgan fingerprint density at radius 1 is 1.09 bits per heavy atom. The van der Waals surface area contributed by atoms with Crippen LogP contribution in [0.1, 0.15) is 58.6 Å². The molecule has 2 fully saturated rings. The van der Waals surface area contributed by atoms with E-state index in [9.17, 15) is 18.8 Å². The number of halogens is 1. The molecule has 3 amide bonds. The van der Waals surface area contributed by atoms with Gasteiger partial charge in [0.15, 0.2) is 0 Å². The standard InChI is InChI=1S/C26H28FN3O4/c1-34-23-5-3-2-4-17(23)14-29-10-8-16(9-11-29)19-12-18(27)13-20-21(19)15-30(26(20)33)22-6-7-24(31)28-25(22)32/h2-5,12-13,16,22H,6-11,14-15H2,1H3,(H,28,31,32). The molecule has 0 spiro atoms. The van der Waals surface area contributed by atoms with Crippen LogP contribution >= 0.6 is 0 Å². The molecule has 1 unspecified atom stereocenters. The zero-order valence-corrected chi connectivity index (χ0v) is 19.2. The van der Waals surface area contributed by atoms with Gasteiger partial charge in [-0.05, 0) is 67.6 Å². The van der Waals surface area contributed by atoms with Gasteiger partial charge in [0.05, 0.1) is 7.11 Å². The summed E-state index contributed by atoms with van der Waals surface area (Å²) in [5.41, 5.74) is 3.17. The van der Waals surface area contributed by atoms with Crippen LogP contribution in [-0.2, 0) is 22.7 Å². The minimum atomic E-state index is -0.698. The van der Waals surface area contributed by atoms with E-state index in [1.165, 1.54) is 11.0 Å². The number of benzene rings is 2. The number of carbonyl (C=O) groups excluding carboxylic acids is 3. The van der Waals surface area contributed by atoms with Crippen LogP contribution in [0.4, 0.5) is 4.39 Å². The smallest absolute Gasteiger partial charge is 0.255 e. The maximum absolute atomic E-state index is 14.6. The van der Waals surface area contributed by atoms with Crippen LogP contribution in [0, 0.1) is 5.82 Å². The molecular weight excluding hydrogens is 437 g/mol. The summed E-state index contributed by atoms with van der Waals surface area (Å²) in [6, 6.07) is 10.1. The summed E-state index contributed by atoms with van der Waals surface area (Å²) in [6.07, 6.45) is 2.21. The minimum Gasteiger partial charge on any atom is -0.496 e. The van der Waals surface area contributed by atoms with E-state index >= 15 is 0 Å². The number of hydrogen-bond acceptors (Lipinski definition) is 5. The number of hydrogen-bond donors (Lipinski definition) is 1. The second-order valence-electron chi connectivity index (χ2n) is 9.28. The summed E-state index contributed by atoms with van der Waals surface area (Å²) in [6.45, 7) is 2.79. The number of imide groups is 1. The zero-order chi connectivity index (χ0) is 23.8. The first-order valence-corrected chi connectivity index (χ1v) is 11.8. The largest absolute Gasteiger partial charge is 0.496 e. The average Bonchev–Trinajstić information content (AvgIpc) is 3.15. The van der Waals surface area contributed by atoms with E-state index in [0.29, 0.717) is 12.0 Å². The van der Waals surface area contributed by atoms with Gasteiger partial charge in [0.25, 0.3) is 5.91 Å². The summed E-state index contributed by atoms with van der Waals surface area (Å²) in [5, 5.41) is 2.32. The van der Waals surface area contributed by atoms with Crippen molar-refractivity contribution in [2.45, 2.75) is 50.7 Å². The van der Waals surface area contributed by atoms with Gasteiger partial charge in [-0.15, -0.1) is 0 Å². The van der Waals surface area contributed by atoms with Gasteiger partial charge in [0.2, 0.25) is 11.8 Å². The first-order valence-electron chi connectivity index (χ1n) is 11.8. The predicted octanol–water partition coefficient (Wildman–Crippen LogP) is 2.97. The van der Waals surface area contributed by atoms with E-state index in [-0.39, 0.29) is 30.7 Å². The first kappa shape index (κ1) is 22.5. The molecule has 34 heavy (non-hydrogen) atoms. The van der Waals surface area contributed by atoms with Gasteiger partial charge in [0, 0.05) is 30.6 Å². The molecule has 7 nitrogen and oxygen atoms in total. The number of nitrogens with one attached hydrogen (secondary N) is 1. The van der Waals surface area contributed by atoms with Gasteiger partial charge in [-0.1, -0.05) is 18.2 Å². The molecule has 1 atom stereocenters. The molecule has 5 rings (SSSR count). The van der Waals surface area contributed by atoms with E-state index in [1.807, 2.05) is 18.2 Å². The monoisotopic (exact) mass is 465 g/mol. The van der Waals surface area contributed by atoms with E-state index < -0.39 is 17.8 Å². The van der Waals surface area contributed by atoms with E-state index in [1.54, 1.807) is 13.2 Å². The van der Waals surface area contributed by atoms with Crippen LogP contribution < -0.4 is 10.1 Å². The van der Waals surface area contributed by atoms with E-state index in [0.717, 1.165) is 54.9 Å². The lowest BCUT2D eigenvalue weighted by Crippen LogP contribution is -2.52. The van der Waals surface area contributed by atoms with Crippen molar-refractivity contribution in [1.82, 2.24) is 15.1 Å². The summed E-state index contributed by atoms with van der Waals surface area (Å²) in [7, 11) is 1.68. The highest BCUT2D eigenvalue weighted by Gasteiger charge is 2.41. The number of piperidine rings is 2. The lowest BCUT2D eigenvalue weighted by Gasteiger charge is -2.33. The van der Waals surface area contributed by atoms with Crippen molar-refractivity contribution in [2.24, 2.45) is 0 Å². The third-order valence-corrected chi connectivity index (χ3v) is 7.27. The highest BCUT2D eigenvalue weighted by molar-refractivity contribution is 6.05. The lowest BCUT2D eigenvalue weighted by atomic mass is 9.85. The summed E-state index contributed by atoms with van der Waals surface area (Å²) >= 11 is 0. The number of fused-ring (bicyclic) bond motifs is 1. The van der Waals surface area contributed by atoms with Crippen LogP contribution in [0.25, 0.3) is 0 Å². The van der Waals surface area contributed by atoms with Gasteiger partial charge in [-0.2, -0.15) is 0 Å². The van der Waals surface area contributed by atoms with Crippen LogP contribution in [-0.4, -0.2) is 53.8 Å². The Balaban J connectivity index is 1.31. The summed E-state index contributed by atoms with van der Waals surface area (Å²) < 4.78 is 20.0. The minimum absolute atomic E-state index is 0.146. The third-order valence-electron chi connectivity index (χ3n) is 7.27. The van der Waals surface area contributed by atoms with Gasteiger partial charge in [-0.3, -0.25) is 24.6 Å². The van der Waals surface area contributed by atoms with E-state index in [2.05, 4.69) is 16.3 Å². The molecule has 3 aliphatic rings. The average molecular weight is 466 g/mol. The van der Waals surface area contributed by atoms with Crippen LogP contribution in [0.15, 0.2) is 36.4 Å². The molecule has 3 aliphatic heterocycles. The SMILES string of the molecule is COc1ccccc1CN1CCC(c2cc(F)cc3c2CN(C2CCC(=O)NC2=O)C3=O)CC1. The van der Waals surface area contributed by atoms with Crippen LogP contribution in [0.2, 0.25) is 0 Å². The van der Waals surface area contributed by atoms with Gasteiger partial charge in [0.1, 0.15) is 17.6 Å². The van der Waals surface area contributed by atoms with Gasteiger partial charge >= 0.3 is 0 Å². The second-order valence-corrected chi connectivity index (χ2v) is 9.28. The van der Waals surface area contributed by atoms with Crippen molar-refractivity contribution in [3.05, 3.63) is 64.5 Å². The Hall–Kier alpha value is -3.26. The number of ether oxygens (including phenoxy) is 1. The highest BCUT2D eigenvalue weighted by atomic mass is 19.1. The predicted molar refractivity (Wildman–Crippen MR) is 123 cm³/mol. The Morgan fingerprint density at radius 2 is 1.85 bits per heavy atom. The molecule has 178 valence electrons. The molecule has 0 saturated carbocycles. The van der Waals surface area contributed by atoms with Crippen molar-refractivity contribution >= 4 is 17.7 Å². The molecule has 0 bridgehead atoms. The molecule has 2 aromatic rings. The number of amides is 3. The zero-order valence-electron chi connectivity index (χ0n) is 19.2. The first-order chi connectivity index (χ1) is 16.4. The quantitative estimate of drug-likeness (QED) is 0.687. The topological polar surface area (TPSA) is 79.0 Å². The van der Waals surface area contributed by atoms with Crippen molar-refractivity contribution in [2.75, 3.05) is 20.2 Å². The maximum Gasteiger partial charge on any atom is 0.255 e. The Kier molecular flexibility index (Phi) is 6.08. The normalized spacial score (nSPS) is 21.5. The third kappa shape index (κ3) is 4.18. The van der Waals surface area contributed by atoms with Crippen molar-refractivity contribution in [1.29, 1.82) is 0 Å². The van der Waals surface area contributed by atoms with Crippen LogP contribution in [0.3, 0.4) is 0 Å². The molecule has 0 radical (unpaired) electrons. The molecule has 1 N–H and O–H groups in total. The van der Waals surface area contributed by atoms with Crippen LogP contribution in [0.5, 0.6) is 5.75 Å². The van der Waals surface area contributed by atoms with Gasteiger partial charge in [-0.25, -0.2) is 4.39 Å². The Bertz CT molecular complexity index is 1140. The molecule has 0 aromatic heterocycles. The fourth-order valence-electron chi connectivity index (χ4n) is 5.49. The van der Waals surface area contributed by atoms with Crippen molar-refractivity contribution in [3.63, 3.8) is 0 Å². The molecule has 2 aromatic carbocycles. The highest BCUT2D eigenvalue weighted by Crippen LogP contribution is 2.38. The lowest BCUT2D eigenvalue weighted by molar-refractivity contribution is -0.136. The number of rotatable bonds is 5. The molecule has 0 aliphatic carbocycles. The van der Waals surface area contributed by atoms with E-state index in [4.69, 9.17) is 4.74 Å². The van der Waals surface area contributed by atoms with Crippen molar-refractivity contribution < 1.29 is 23.5 Å². The maximum atomic E-state index is 14.6. The Labute approximate surface area is 197 Å². The molecule has 2 saturated heterocycles. The second kappa shape index (κ2) is 9.18. The number of para-hydroxylation sites is 1. The number of carbonyl (C=O) groups is 3. The van der Waals surface area contributed by atoms with Crippen molar-refractivity contribution in [3.8, 4) is 5.75 Å². The van der Waals surface area contributed by atoms with Gasteiger partial charge < -0.3 is 9.64 Å². The summed E-state index contributed by atoms with van der Waals surface area (Å²) in [4.78, 5) is 40.8.